The zero-order chi connectivity index (χ0) is 16.2. The summed E-state index contributed by atoms with van der Waals surface area (Å²) in [6.45, 7) is 0.114. The molecule has 2 amide bonds. The molecule has 23 heavy (non-hydrogen) atoms. The number of carbonyl (C=O) groups excluding carboxylic acids is 2. The van der Waals surface area contributed by atoms with Crippen molar-refractivity contribution in [2.45, 2.75) is 25.3 Å². The molecule has 0 saturated heterocycles. The molecule has 1 aromatic carbocycles. The van der Waals surface area contributed by atoms with Gasteiger partial charge in [0.05, 0.1) is 19.3 Å². The van der Waals surface area contributed by atoms with E-state index >= 15 is 0 Å². The molecular formula is C17H20N4O2. The highest BCUT2D eigenvalue weighted by atomic mass is 16.2. The van der Waals surface area contributed by atoms with Crippen LogP contribution in [0.2, 0.25) is 0 Å². The first-order valence-electron chi connectivity index (χ1n) is 7.72. The highest BCUT2D eigenvalue weighted by molar-refractivity contribution is 5.85. The van der Waals surface area contributed by atoms with E-state index < -0.39 is 0 Å². The molecule has 0 unspecified atom stereocenters. The topological polar surface area (TPSA) is 67.2 Å². The lowest BCUT2D eigenvalue weighted by Crippen LogP contribution is -2.39. The maximum absolute atomic E-state index is 12.2. The molecule has 6 heteroatoms. The van der Waals surface area contributed by atoms with Crippen molar-refractivity contribution in [3.63, 3.8) is 0 Å². The molecule has 1 saturated carbocycles. The molecule has 1 heterocycles. The van der Waals surface area contributed by atoms with Gasteiger partial charge in [-0.25, -0.2) is 4.98 Å². The normalized spacial score (nSPS) is 13.6. The minimum atomic E-state index is -0.0844. The largest absolute Gasteiger partial charge is 0.352 e. The Morgan fingerprint density at radius 1 is 1.30 bits per heavy atom. The lowest BCUT2D eigenvalue weighted by atomic mass is 10.1. The van der Waals surface area contributed by atoms with Crippen LogP contribution in [0.5, 0.6) is 0 Å². The average Bonchev–Trinajstić information content (AvgIpc) is 3.16. The van der Waals surface area contributed by atoms with E-state index in [0.29, 0.717) is 6.04 Å². The minimum Gasteiger partial charge on any atom is -0.352 e. The summed E-state index contributed by atoms with van der Waals surface area (Å²) in [5.41, 5.74) is 1.92. The fraction of sp³-hybridized carbons (Fsp3) is 0.353. The third-order valence-electron chi connectivity index (χ3n) is 3.84. The van der Waals surface area contributed by atoms with E-state index in [9.17, 15) is 9.59 Å². The number of amides is 2. The van der Waals surface area contributed by atoms with Crippen molar-refractivity contribution < 1.29 is 9.59 Å². The number of nitrogens with zero attached hydrogens (tertiary/aromatic N) is 3. The van der Waals surface area contributed by atoms with Gasteiger partial charge in [-0.1, -0.05) is 12.1 Å². The number of imidazole rings is 1. The second-order valence-electron chi connectivity index (χ2n) is 5.90. The van der Waals surface area contributed by atoms with Gasteiger partial charge >= 0.3 is 0 Å². The molecule has 1 aliphatic rings. The molecule has 2 aromatic rings. The first-order chi connectivity index (χ1) is 11.1. The Kier molecular flexibility index (Phi) is 4.41. The molecular weight excluding hydrogens is 292 g/mol. The van der Waals surface area contributed by atoms with Crippen molar-refractivity contribution in [2.75, 3.05) is 13.6 Å². The van der Waals surface area contributed by atoms with Gasteiger partial charge in [-0.2, -0.15) is 0 Å². The van der Waals surface area contributed by atoms with Gasteiger partial charge in [-0.15, -0.1) is 0 Å². The Morgan fingerprint density at radius 2 is 2.04 bits per heavy atom. The molecule has 1 N–H and O–H groups in total. The van der Waals surface area contributed by atoms with E-state index in [0.717, 1.165) is 24.1 Å². The summed E-state index contributed by atoms with van der Waals surface area (Å²) in [6, 6.07) is 8.06. The van der Waals surface area contributed by atoms with Crippen molar-refractivity contribution in [2.24, 2.45) is 0 Å². The Morgan fingerprint density at radius 3 is 2.65 bits per heavy atom. The van der Waals surface area contributed by atoms with E-state index in [4.69, 9.17) is 0 Å². The van der Waals surface area contributed by atoms with Crippen LogP contribution < -0.4 is 5.32 Å². The van der Waals surface area contributed by atoms with Crippen LogP contribution in [-0.4, -0.2) is 45.9 Å². The summed E-state index contributed by atoms with van der Waals surface area (Å²) >= 11 is 0. The lowest BCUT2D eigenvalue weighted by molar-refractivity contribution is -0.134. The SMILES string of the molecule is CN(CC(=O)NC1CC1)C(=O)Cc1ccc(-n2ccnc2)cc1. The number of hydrogen-bond donors (Lipinski definition) is 1. The van der Waals surface area contributed by atoms with Crippen LogP contribution in [0.1, 0.15) is 18.4 Å². The molecule has 0 radical (unpaired) electrons. The molecule has 0 bridgehead atoms. The predicted octanol–water partition coefficient (Wildman–Crippen LogP) is 1.15. The molecule has 1 aliphatic carbocycles. The third kappa shape index (κ3) is 4.18. The smallest absolute Gasteiger partial charge is 0.239 e. The molecule has 0 aliphatic heterocycles. The van der Waals surface area contributed by atoms with Crippen LogP contribution in [0.4, 0.5) is 0 Å². The number of rotatable bonds is 6. The lowest BCUT2D eigenvalue weighted by Gasteiger charge is -2.17. The van der Waals surface area contributed by atoms with Crippen LogP contribution in [0, 0.1) is 0 Å². The van der Waals surface area contributed by atoms with Gasteiger partial charge in [0, 0.05) is 31.2 Å². The monoisotopic (exact) mass is 312 g/mol. The standard InChI is InChI=1S/C17H20N4O2/c1-20(11-16(22)19-14-4-5-14)17(23)10-13-2-6-15(7-3-13)21-9-8-18-12-21/h2-3,6-9,12,14H,4-5,10-11H2,1H3,(H,19,22). The van der Waals surface area contributed by atoms with Crippen molar-refractivity contribution >= 4 is 11.8 Å². The van der Waals surface area contributed by atoms with Crippen LogP contribution >= 0.6 is 0 Å². The van der Waals surface area contributed by atoms with Crippen LogP contribution in [0.25, 0.3) is 5.69 Å². The first kappa shape index (κ1) is 15.3. The highest BCUT2D eigenvalue weighted by Gasteiger charge is 2.24. The van der Waals surface area contributed by atoms with Gasteiger partial charge in [-0.3, -0.25) is 9.59 Å². The Balaban J connectivity index is 1.53. The maximum atomic E-state index is 12.2. The number of nitrogens with one attached hydrogen (secondary N) is 1. The second-order valence-corrected chi connectivity index (χ2v) is 5.90. The van der Waals surface area contributed by atoms with Crippen molar-refractivity contribution in [3.05, 3.63) is 48.5 Å². The number of benzene rings is 1. The van der Waals surface area contributed by atoms with Gasteiger partial charge in [0.2, 0.25) is 11.8 Å². The van der Waals surface area contributed by atoms with Crippen molar-refractivity contribution in [1.82, 2.24) is 19.8 Å². The Hall–Kier alpha value is -2.63. The quantitative estimate of drug-likeness (QED) is 0.870. The fourth-order valence-corrected chi connectivity index (χ4v) is 2.31. The fourth-order valence-electron chi connectivity index (χ4n) is 2.31. The minimum absolute atomic E-state index is 0.0636. The van der Waals surface area contributed by atoms with Crippen molar-refractivity contribution in [1.29, 1.82) is 0 Å². The number of likely N-dealkylation sites (N-methyl/N-ethyl adjacent to an activating group) is 1. The summed E-state index contributed by atoms with van der Waals surface area (Å²) in [6.07, 6.45) is 7.70. The van der Waals surface area contributed by atoms with Gasteiger partial charge in [0.15, 0.2) is 0 Å². The molecule has 6 nitrogen and oxygen atoms in total. The molecule has 1 aromatic heterocycles. The van der Waals surface area contributed by atoms with E-state index in [-0.39, 0.29) is 24.8 Å². The van der Waals surface area contributed by atoms with Crippen LogP contribution in [0.15, 0.2) is 43.0 Å². The van der Waals surface area contributed by atoms with Crippen molar-refractivity contribution in [3.8, 4) is 5.69 Å². The summed E-state index contributed by atoms with van der Waals surface area (Å²) in [5.74, 6) is -0.148. The number of hydrogen-bond acceptors (Lipinski definition) is 3. The second kappa shape index (κ2) is 6.64. The Bertz CT molecular complexity index is 675. The van der Waals surface area contributed by atoms with Gasteiger partial charge in [-0.05, 0) is 30.5 Å². The van der Waals surface area contributed by atoms with Gasteiger partial charge < -0.3 is 14.8 Å². The first-order valence-corrected chi connectivity index (χ1v) is 7.72. The zero-order valence-electron chi connectivity index (χ0n) is 13.1. The summed E-state index contributed by atoms with van der Waals surface area (Å²) < 4.78 is 1.90. The van der Waals surface area contributed by atoms with Crippen LogP contribution in [-0.2, 0) is 16.0 Å². The molecule has 3 rings (SSSR count). The van der Waals surface area contributed by atoms with E-state index in [2.05, 4.69) is 10.3 Å². The predicted molar refractivity (Wildman–Crippen MR) is 86.1 cm³/mol. The maximum Gasteiger partial charge on any atom is 0.239 e. The summed E-state index contributed by atoms with van der Waals surface area (Å²) in [7, 11) is 1.66. The van der Waals surface area contributed by atoms with E-state index in [1.807, 2.05) is 35.0 Å². The van der Waals surface area contributed by atoms with E-state index in [1.165, 1.54) is 4.90 Å². The molecule has 1 fully saturated rings. The van der Waals surface area contributed by atoms with E-state index in [1.54, 1.807) is 19.6 Å². The number of carbonyl (C=O) groups is 2. The Labute approximate surface area is 135 Å². The van der Waals surface area contributed by atoms with Gasteiger partial charge in [0.1, 0.15) is 0 Å². The molecule has 120 valence electrons. The molecule has 0 spiro atoms. The van der Waals surface area contributed by atoms with Gasteiger partial charge in [0.25, 0.3) is 0 Å². The summed E-state index contributed by atoms with van der Waals surface area (Å²) in [4.78, 5) is 29.4. The third-order valence-corrected chi connectivity index (χ3v) is 3.84. The highest BCUT2D eigenvalue weighted by Crippen LogP contribution is 2.18. The average molecular weight is 312 g/mol. The zero-order valence-corrected chi connectivity index (χ0v) is 13.1. The summed E-state index contributed by atoms with van der Waals surface area (Å²) in [5, 5.41) is 2.89. The van der Waals surface area contributed by atoms with Crippen LogP contribution in [0.3, 0.4) is 0 Å². The molecule has 0 atom stereocenters. The number of aromatic nitrogens is 2.